The molecule has 0 aliphatic heterocycles. The first-order valence-corrected chi connectivity index (χ1v) is 5.76. The molecule has 1 N–H and O–H groups in total. The number of anilines is 1. The van der Waals surface area contributed by atoms with E-state index in [1.165, 1.54) is 6.07 Å². The van der Waals surface area contributed by atoms with Gasteiger partial charge in [0.05, 0.1) is 18.3 Å². The number of aliphatic hydroxyl groups is 1. The maximum absolute atomic E-state index is 13.9. The SMILES string of the molecule is C#CCN(CCC)c1ccc(C(C)O)cc1F. The highest BCUT2D eigenvalue weighted by Gasteiger charge is 2.12. The van der Waals surface area contributed by atoms with Gasteiger partial charge in [0.2, 0.25) is 0 Å². The first-order valence-electron chi connectivity index (χ1n) is 5.76. The van der Waals surface area contributed by atoms with Crippen molar-refractivity contribution in [3.8, 4) is 12.3 Å². The fourth-order valence-corrected chi connectivity index (χ4v) is 1.70. The summed E-state index contributed by atoms with van der Waals surface area (Å²) in [5.41, 5.74) is 1.07. The van der Waals surface area contributed by atoms with Crippen LogP contribution >= 0.6 is 0 Å². The molecular formula is C14H18FNO. The number of terminal acetylenes is 1. The van der Waals surface area contributed by atoms with Crippen LogP contribution < -0.4 is 4.90 Å². The second-order valence-corrected chi connectivity index (χ2v) is 4.01. The zero-order valence-corrected chi connectivity index (χ0v) is 10.3. The molecule has 0 amide bonds. The van der Waals surface area contributed by atoms with Gasteiger partial charge >= 0.3 is 0 Å². The number of rotatable bonds is 5. The minimum absolute atomic E-state index is 0.341. The molecule has 0 spiro atoms. The van der Waals surface area contributed by atoms with Crippen molar-refractivity contribution in [1.82, 2.24) is 0 Å². The smallest absolute Gasteiger partial charge is 0.146 e. The van der Waals surface area contributed by atoms with Crippen LogP contribution in [0.25, 0.3) is 0 Å². The second-order valence-electron chi connectivity index (χ2n) is 4.01. The Morgan fingerprint density at radius 1 is 1.53 bits per heavy atom. The summed E-state index contributed by atoms with van der Waals surface area (Å²) in [6.45, 7) is 4.74. The number of hydrogen-bond donors (Lipinski definition) is 1. The van der Waals surface area contributed by atoms with Gasteiger partial charge in [-0.2, -0.15) is 0 Å². The maximum atomic E-state index is 13.9. The molecule has 1 unspecified atom stereocenters. The lowest BCUT2D eigenvalue weighted by Crippen LogP contribution is -2.25. The van der Waals surface area contributed by atoms with E-state index in [2.05, 4.69) is 5.92 Å². The zero-order chi connectivity index (χ0) is 12.8. The van der Waals surface area contributed by atoms with Crippen LogP contribution in [0.5, 0.6) is 0 Å². The third kappa shape index (κ3) is 3.47. The zero-order valence-electron chi connectivity index (χ0n) is 10.3. The van der Waals surface area contributed by atoms with Gasteiger partial charge in [-0.15, -0.1) is 6.42 Å². The van der Waals surface area contributed by atoms with E-state index in [1.807, 2.05) is 11.8 Å². The Bertz CT molecular complexity index is 409. The predicted octanol–water partition coefficient (Wildman–Crippen LogP) is 2.73. The average molecular weight is 235 g/mol. The van der Waals surface area contributed by atoms with Crippen molar-refractivity contribution in [1.29, 1.82) is 0 Å². The molecule has 92 valence electrons. The summed E-state index contributed by atoms with van der Waals surface area (Å²) in [5.74, 6) is 2.18. The van der Waals surface area contributed by atoms with E-state index in [-0.39, 0.29) is 5.82 Å². The highest BCUT2D eigenvalue weighted by atomic mass is 19.1. The summed E-state index contributed by atoms with van der Waals surface area (Å²) in [6.07, 6.45) is 5.51. The normalized spacial score (nSPS) is 11.9. The summed E-state index contributed by atoms with van der Waals surface area (Å²) in [4.78, 5) is 1.82. The Balaban J connectivity index is 3.00. The summed E-state index contributed by atoms with van der Waals surface area (Å²) in [6, 6.07) is 4.76. The van der Waals surface area contributed by atoms with Crippen LogP contribution in [0.15, 0.2) is 18.2 Å². The van der Waals surface area contributed by atoms with E-state index in [1.54, 1.807) is 19.1 Å². The molecular weight excluding hydrogens is 217 g/mol. The summed E-state index contributed by atoms with van der Waals surface area (Å²) >= 11 is 0. The topological polar surface area (TPSA) is 23.5 Å². The van der Waals surface area contributed by atoms with E-state index in [4.69, 9.17) is 6.42 Å². The molecule has 1 aromatic carbocycles. The van der Waals surface area contributed by atoms with Crippen molar-refractivity contribution in [2.75, 3.05) is 18.0 Å². The number of aliphatic hydroxyl groups excluding tert-OH is 1. The van der Waals surface area contributed by atoms with E-state index in [0.717, 1.165) is 13.0 Å². The third-order valence-electron chi connectivity index (χ3n) is 2.57. The van der Waals surface area contributed by atoms with Crippen molar-refractivity contribution < 1.29 is 9.50 Å². The van der Waals surface area contributed by atoms with Gasteiger partial charge in [-0.1, -0.05) is 18.9 Å². The molecule has 1 aromatic rings. The molecule has 0 fully saturated rings. The van der Waals surface area contributed by atoms with Crippen LogP contribution in [0, 0.1) is 18.2 Å². The number of hydrogen-bond acceptors (Lipinski definition) is 2. The standard InChI is InChI=1S/C14H18FNO/c1-4-8-16(9-5-2)14-7-6-12(11(3)17)10-13(14)15/h1,6-7,10-11,17H,5,8-9H2,2-3H3. The fraction of sp³-hybridized carbons (Fsp3) is 0.429. The van der Waals surface area contributed by atoms with E-state index >= 15 is 0 Å². The molecule has 2 nitrogen and oxygen atoms in total. The van der Waals surface area contributed by atoms with Gasteiger partial charge in [0.25, 0.3) is 0 Å². The van der Waals surface area contributed by atoms with Gasteiger partial charge in [-0.25, -0.2) is 4.39 Å². The molecule has 0 aliphatic rings. The third-order valence-corrected chi connectivity index (χ3v) is 2.57. The van der Waals surface area contributed by atoms with E-state index < -0.39 is 6.10 Å². The second kappa shape index (κ2) is 6.27. The summed E-state index contributed by atoms with van der Waals surface area (Å²) in [5, 5.41) is 9.37. The molecule has 3 heteroatoms. The van der Waals surface area contributed by atoms with Crippen molar-refractivity contribution in [2.24, 2.45) is 0 Å². The van der Waals surface area contributed by atoms with Crippen LogP contribution in [0.4, 0.5) is 10.1 Å². The van der Waals surface area contributed by atoms with Crippen molar-refractivity contribution in [3.05, 3.63) is 29.6 Å². The van der Waals surface area contributed by atoms with E-state index in [9.17, 15) is 9.50 Å². The highest BCUT2D eigenvalue weighted by Crippen LogP contribution is 2.23. The number of nitrogens with zero attached hydrogens (tertiary/aromatic N) is 1. The molecule has 0 saturated carbocycles. The molecule has 0 aromatic heterocycles. The average Bonchev–Trinajstić information content (AvgIpc) is 2.28. The lowest BCUT2D eigenvalue weighted by atomic mass is 10.1. The fourth-order valence-electron chi connectivity index (χ4n) is 1.70. The molecule has 0 radical (unpaired) electrons. The molecule has 1 rings (SSSR count). The Hall–Kier alpha value is -1.53. The van der Waals surface area contributed by atoms with Crippen LogP contribution in [0.2, 0.25) is 0 Å². The first-order chi connectivity index (χ1) is 8.10. The molecule has 0 bridgehead atoms. The van der Waals surface area contributed by atoms with Gasteiger partial charge < -0.3 is 10.0 Å². The summed E-state index contributed by atoms with van der Waals surface area (Å²) < 4.78 is 13.9. The van der Waals surface area contributed by atoms with Crippen LogP contribution in [0.1, 0.15) is 31.9 Å². The maximum Gasteiger partial charge on any atom is 0.146 e. The predicted molar refractivity (Wildman–Crippen MR) is 68.4 cm³/mol. The Morgan fingerprint density at radius 3 is 2.71 bits per heavy atom. The first kappa shape index (κ1) is 13.5. The number of benzene rings is 1. The molecule has 1 atom stereocenters. The lowest BCUT2D eigenvalue weighted by Gasteiger charge is -2.22. The minimum Gasteiger partial charge on any atom is -0.389 e. The lowest BCUT2D eigenvalue weighted by molar-refractivity contribution is 0.199. The molecule has 0 heterocycles. The van der Waals surface area contributed by atoms with Gasteiger partial charge in [-0.05, 0) is 31.0 Å². The van der Waals surface area contributed by atoms with Gasteiger partial charge in [0, 0.05) is 6.54 Å². The van der Waals surface area contributed by atoms with Crippen molar-refractivity contribution in [2.45, 2.75) is 26.4 Å². The van der Waals surface area contributed by atoms with Crippen molar-refractivity contribution >= 4 is 5.69 Å². The van der Waals surface area contributed by atoms with Crippen LogP contribution in [-0.2, 0) is 0 Å². The van der Waals surface area contributed by atoms with Crippen molar-refractivity contribution in [3.63, 3.8) is 0 Å². The Labute approximate surface area is 102 Å². The van der Waals surface area contributed by atoms with Gasteiger partial charge in [0.15, 0.2) is 0 Å². The Morgan fingerprint density at radius 2 is 2.24 bits per heavy atom. The molecule has 17 heavy (non-hydrogen) atoms. The minimum atomic E-state index is -0.661. The molecule has 0 saturated heterocycles. The summed E-state index contributed by atoms with van der Waals surface area (Å²) in [7, 11) is 0. The number of halogens is 1. The largest absolute Gasteiger partial charge is 0.389 e. The molecule has 0 aliphatic carbocycles. The van der Waals surface area contributed by atoms with E-state index in [0.29, 0.717) is 17.8 Å². The van der Waals surface area contributed by atoms with Gasteiger partial charge in [-0.3, -0.25) is 0 Å². The quantitative estimate of drug-likeness (QED) is 0.793. The van der Waals surface area contributed by atoms with Gasteiger partial charge in [0.1, 0.15) is 5.82 Å². The van der Waals surface area contributed by atoms with Crippen LogP contribution in [0.3, 0.4) is 0 Å². The highest BCUT2D eigenvalue weighted by molar-refractivity contribution is 5.50. The monoisotopic (exact) mass is 235 g/mol. The Kier molecular flexibility index (Phi) is 4.99. The van der Waals surface area contributed by atoms with Crippen LogP contribution in [-0.4, -0.2) is 18.2 Å².